The molecule has 4 nitrogen and oxygen atoms in total. The molecule has 0 saturated heterocycles. The summed E-state index contributed by atoms with van der Waals surface area (Å²) in [6.45, 7) is 1.91. The van der Waals surface area contributed by atoms with Gasteiger partial charge in [-0.15, -0.1) is 23.1 Å². The number of hydrogen-bond donors (Lipinski definition) is 1. The molecule has 0 spiro atoms. The van der Waals surface area contributed by atoms with Crippen LogP contribution in [0.4, 0.5) is 0 Å². The lowest BCUT2D eigenvalue weighted by Gasteiger charge is -2.02. The summed E-state index contributed by atoms with van der Waals surface area (Å²) >= 11 is 3.33. The lowest BCUT2D eigenvalue weighted by Crippen LogP contribution is -2.09. The lowest BCUT2D eigenvalue weighted by atomic mass is 10.4. The fourth-order valence-electron chi connectivity index (χ4n) is 1.26. The normalized spacial score (nSPS) is 11.1. The van der Waals surface area contributed by atoms with E-state index in [4.69, 9.17) is 10.5 Å². The maximum Gasteiger partial charge on any atom is 0.127 e. The van der Waals surface area contributed by atoms with Crippen LogP contribution >= 0.6 is 23.1 Å². The van der Waals surface area contributed by atoms with E-state index in [1.165, 1.54) is 0 Å². The van der Waals surface area contributed by atoms with Gasteiger partial charge in [0.15, 0.2) is 0 Å². The molecule has 16 heavy (non-hydrogen) atoms. The van der Waals surface area contributed by atoms with Gasteiger partial charge in [0.25, 0.3) is 0 Å². The van der Waals surface area contributed by atoms with Crippen molar-refractivity contribution >= 4 is 33.3 Å². The molecule has 0 aliphatic rings. The van der Waals surface area contributed by atoms with Gasteiger partial charge in [0.1, 0.15) is 16.2 Å². The molecule has 0 aromatic carbocycles. The quantitative estimate of drug-likeness (QED) is 0.484. The second kappa shape index (κ2) is 6.15. The predicted molar refractivity (Wildman–Crippen MR) is 68.0 cm³/mol. The van der Waals surface area contributed by atoms with Crippen molar-refractivity contribution in [3.05, 3.63) is 17.8 Å². The first-order valence-corrected chi connectivity index (χ1v) is 6.87. The van der Waals surface area contributed by atoms with Crippen LogP contribution in [0.25, 0.3) is 10.2 Å². The van der Waals surface area contributed by atoms with Gasteiger partial charge < -0.3 is 10.5 Å². The van der Waals surface area contributed by atoms with Gasteiger partial charge in [-0.25, -0.2) is 9.97 Å². The molecule has 0 radical (unpaired) electrons. The summed E-state index contributed by atoms with van der Waals surface area (Å²) in [5.41, 5.74) is 5.33. The van der Waals surface area contributed by atoms with Gasteiger partial charge in [0.2, 0.25) is 0 Å². The molecule has 2 aromatic heterocycles. The molecule has 2 heterocycles. The molecule has 86 valence electrons. The van der Waals surface area contributed by atoms with Crippen LogP contribution in [0.3, 0.4) is 0 Å². The Hall–Kier alpha value is -0.690. The summed E-state index contributed by atoms with van der Waals surface area (Å²) in [7, 11) is 0. The third kappa shape index (κ3) is 2.91. The Morgan fingerprint density at radius 2 is 2.31 bits per heavy atom. The Morgan fingerprint density at radius 3 is 3.19 bits per heavy atom. The Kier molecular flexibility index (Phi) is 4.53. The third-order valence-electron chi connectivity index (χ3n) is 1.95. The van der Waals surface area contributed by atoms with Crippen LogP contribution in [0.1, 0.15) is 0 Å². The van der Waals surface area contributed by atoms with Gasteiger partial charge in [-0.1, -0.05) is 0 Å². The fraction of sp³-hybridized carbons (Fsp3) is 0.400. The highest BCUT2D eigenvalue weighted by molar-refractivity contribution is 7.99. The highest BCUT2D eigenvalue weighted by Gasteiger charge is 2.04. The summed E-state index contributed by atoms with van der Waals surface area (Å²) in [5, 5.41) is 4.20. The maximum atomic E-state index is 5.33. The summed E-state index contributed by atoms with van der Waals surface area (Å²) in [4.78, 5) is 9.52. The molecule has 6 heteroatoms. The van der Waals surface area contributed by atoms with E-state index >= 15 is 0 Å². The van der Waals surface area contributed by atoms with Gasteiger partial charge in [0, 0.05) is 17.7 Å². The number of rotatable bonds is 6. The predicted octanol–water partition coefficient (Wildman–Crippen LogP) is 1.76. The van der Waals surface area contributed by atoms with Crippen molar-refractivity contribution in [1.82, 2.24) is 9.97 Å². The van der Waals surface area contributed by atoms with Crippen molar-refractivity contribution < 1.29 is 4.74 Å². The molecule has 2 N–H and O–H groups in total. The zero-order valence-electron chi connectivity index (χ0n) is 8.76. The molecular weight excluding hydrogens is 242 g/mol. The van der Waals surface area contributed by atoms with Crippen LogP contribution in [-0.4, -0.2) is 35.5 Å². The smallest absolute Gasteiger partial charge is 0.127 e. The second-order valence-electron chi connectivity index (χ2n) is 3.07. The Labute approximate surface area is 102 Å². The molecule has 0 fully saturated rings. The van der Waals surface area contributed by atoms with Crippen LogP contribution in [-0.2, 0) is 4.74 Å². The van der Waals surface area contributed by atoms with Crippen LogP contribution in [0, 0.1) is 0 Å². The third-order valence-corrected chi connectivity index (χ3v) is 3.74. The lowest BCUT2D eigenvalue weighted by molar-refractivity contribution is 0.158. The molecule has 2 rings (SSSR count). The minimum Gasteiger partial charge on any atom is -0.379 e. The fourth-order valence-corrected chi connectivity index (χ4v) is 2.90. The first kappa shape index (κ1) is 11.8. The Bertz CT molecular complexity index is 446. The van der Waals surface area contributed by atoms with Crippen molar-refractivity contribution in [2.24, 2.45) is 5.73 Å². The largest absolute Gasteiger partial charge is 0.379 e. The van der Waals surface area contributed by atoms with E-state index in [0.29, 0.717) is 19.8 Å². The van der Waals surface area contributed by atoms with E-state index < -0.39 is 0 Å². The molecule has 0 bridgehead atoms. The number of fused-ring (bicyclic) bond motifs is 1. The molecule has 0 atom stereocenters. The molecule has 0 unspecified atom stereocenters. The highest BCUT2D eigenvalue weighted by atomic mass is 32.2. The topological polar surface area (TPSA) is 61.0 Å². The van der Waals surface area contributed by atoms with Crippen LogP contribution in [0.15, 0.2) is 22.8 Å². The van der Waals surface area contributed by atoms with E-state index in [1.807, 2.05) is 5.38 Å². The molecule has 0 amide bonds. The summed E-state index contributed by atoms with van der Waals surface area (Å²) in [6.07, 6.45) is 1.61. The number of ether oxygens (including phenoxy) is 1. The average Bonchev–Trinajstić information content (AvgIpc) is 2.77. The number of thiophene rings is 1. The average molecular weight is 255 g/mol. The number of nitrogens with two attached hydrogens (primary N) is 1. The van der Waals surface area contributed by atoms with E-state index in [-0.39, 0.29) is 0 Å². The maximum absolute atomic E-state index is 5.33. The minimum absolute atomic E-state index is 0.576. The molecule has 0 saturated carbocycles. The zero-order valence-corrected chi connectivity index (χ0v) is 10.4. The second-order valence-corrected chi connectivity index (χ2v) is 5.05. The Balaban J connectivity index is 1.91. The summed E-state index contributed by atoms with van der Waals surface area (Å²) in [5.74, 6) is 0.891. The minimum atomic E-state index is 0.576. The molecule has 2 aromatic rings. The van der Waals surface area contributed by atoms with Crippen molar-refractivity contribution in [3.63, 3.8) is 0 Å². The van der Waals surface area contributed by atoms with Crippen molar-refractivity contribution in [2.45, 2.75) is 5.03 Å². The van der Waals surface area contributed by atoms with Gasteiger partial charge in [-0.2, -0.15) is 0 Å². The summed E-state index contributed by atoms with van der Waals surface area (Å²) in [6, 6.07) is 2.06. The van der Waals surface area contributed by atoms with E-state index in [9.17, 15) is 0 Å². The van der Waals surface area contributed by atoms with Crippen molar-refractivity contribution in [3.8, 4) is 0 Å². The SMILES string of the molecule is NCCOCCSc1ncnc2sccc12. The van der Waals surface area contributed by atoms with Crippen LogP contribution in [0.2, 0.25) is 0 Å². The number of hydrogen-bond acceptors (Lipinski definition) is 6. The first-order valence-electron chi connectivity index (χ1n) is 5.00. The first-order chi connectivity index (χ1) is 7.92. The monoisotopic (exact) mass is 255 g/mol. The van der Waals surface area contributed by atoms with Gasteiger partial charge >= 0.3 is 0 Å². The van der Waals surface area contributed by atoms with Gasteiger partial charge in [0.05, 0.1) is 13.2 Å². The van der Waals surface area contributed by atoms with E-state index in [2.05, 4.69) is 16.0 Å². The molecule has 0 aliphatic heterocycles. The number of nitrogens with zero attached hydrogens (tertiary/aromatic N) is 2. The van der Waals surface area contributed by atoms with Crippen molar-refractivity contribution in [1.29, 1.82) is 0 Å². The van der Waals surface area contributed by atoms with E-state index in [0.717, 1.165) is 21.0 Å². The number of aromatic nitrogens is 2. The highest BCUT2D eigenvalue weighted by Crippen LogP contribution is 2.27. The van der Waals surface area contributed by atoms with E-state index in [1.54, 1.807) is 29.4 Å². The molecule has 0 aliphatic carbocycles. The molecular formula is C10H13N3OS2. The standard InChI is InChI=1S/C10H13N3OS2/c11-2-3-14-4-6-16-10-8-1-5-15-9(8)12-7-13-10/h1,5,7H,2-4,6,11H2. The van der Waals surface area contributed by atoms with Crippen LogP contribution in [0.5, 0.6) is 0 Å². The van der Waals surface area contributed by atoms with Crippen molar-refractivity contribution in [2.75, 3.05) is 25.5 Å². The van der Waals surface area contributed by atoms with Gasteiger partial charge in [-0.3, -0.25) is 0 Å². The van der Waals surface area contributed by atoms with Crippen LogP contribution < -0.4 is 5.73 Å². The van der Waals surface area contributed by atoms with Gasteiger partial charge in [-0.05, 0) is 11.4 Å². The Morgan fingerprint density at radius 1 is 1.38 bits per heavy atom. The number of thioether (sulfide) groups is 1. The summed E-state index contributed by atoms with van der Waals surface area (Å²) < 4.78 is 5.31. The zero-order chi connectivity index (χ0) is 11.2.